The number of carbonyl (C=O) groups is 1. The van der Waals surface area contributed by atoms with Gasteiger partial charge in [0.1, 0.15) is 5.15 Å². The molecule has 1 atom stereocenters. The Morgan fingerprint density at radius 1 is 1.33 bits per heavy atom. The molecule has 2 aromatic rings. The lowest BCUT2D eigenvalue weighted by Crippen LogP contribution is -2.42. The number of hydrogen-bond donors (Lipinski definition) is 2. The van der Waals surface area contributed by atoms with E-state index in [1.807, 2.05) is 30.3 Å². The van der Waals surface area contributed by atoms with E-state index in [0.29, 0.717) is 30.4 Å². The van der Waals surface area contributed by atoms with Gasteiger partial charge in [-0.3, -0.25) is 4.79 Å². The van der Waals surface area contributed by atoms with Crippen LogP contribution >= 0.6 is 11.6 Å². The van der Waals surface area contributed by atoms with Crippen LogP contribution in [0.4, 0.5) is 5.69 Å². The molecule has 2 heterocycles. The van der Waals surface area contributed by atoms with Crippen LogP contribution in [0.15, 0.2) is 42.6 Å². The molecule has 1 saturated heterocycles. The largest absolute Gasteiger partial charge is 0.391 e. The zero-order valence-corrected chi connectivity index (χ0v) is 14.0. The first-order chi connectivity index (χ1) is 11.6. The number of nitrogens with one attached hydrogen (secondary N) is 1. The normalized spacial score (nSPS) is 17.6. The number of likely N-dealkylation sites (tertiary alicyclic amines) is 1. The van der Waals surface area contributed by atoms with Gasteiger partial charge in [-0.05, 0) is 36.6 Å². The Bertz CT molecular complexity index is 706. The van der Waals surface area contributed by atoms with Crippen molar-refractivity contribution in [1.82, 2.24) is 9.88 Å². The Morgan fingerprint density at radius 2 is 2.17 bits per heavy atom. The summed E-state index contributed by atoms with van der Waals surface area (Å²) in [5.74, 6) is -0.0499. The summed E-state index contributed by atoms with van der Waals surface area (Å²) in [6.45, 7) is 1.64. The van der Waals surface area contributed by atoms with Crippen molar-refractivity contribution in [2.45, 2.75) is 25.5 Å². The average molecular weight is 346 g/mol. The summed E-state index contributed by atoms with van der Waals surface area (Å²) >= 11 is 5.79. The zero-order valence-electron chi connectivity index (χ0n) is 13.3. The molecular formula is C18H20ClN3O2. The second kappa shape index (κ2) is 7.64. The quantitative estimate of drug-likeness (QED) is 0.836. The molecule has 5 nitrogen and oxygen atoms in total. The third kappa shape index (κ3) is 4.04. The van der Waals surface area contributed by atoms with Crippen LogP contribution in [0.1, 0.15) is 28.8 Å². The van der Waals surface area contributed by atoms with Crippen LogP contribution in [0.2, 0.25) is 5.15 Å². The lowest BCUT2D eigenvalue weighted by molar-refractivity contribution is 0.0474. The molecule has 1 unspecified atom stereocenters. The summed E-state index contributed by atoms with van der Waals surface area (Å²) in [6.07, 6.45) is 2.87. The molecule has 126 valence electrons. The van der Waals surface area contributed by atoms with E-state index in [1.165, 1.54) is 0 Å². The molecule has 0 saturated carbocycles. The van der Waals surface area contributed by atoms with Crippen LogP contribution in [-0.4, -0.2) is 40.1 Å². The second-order valence-corrected chi connectivity index (χ2v) is 6.32. The molecule has 1 amide bonds. The topological polar surface area (TPSA) is 65.5 Å². The number of nitrogens with zero attached hydrogens (tertiary/aromatic N) is 2. The van der Waals surface area contributed by atoms with Gasteiger partial charge in [-0.15, -0.1) is 0 Å². The van der Waals surface area contributed by atoms with Crippen molar-refractivity contribution in [2.24, 2.45) is 0 Å². The number of pyridine rings is 1. The van der Waals surface area contributed by atoms with Gasteiger partial charge < -0.3 is 15.3 Å². The molecule has 1 aromatic heterocycles. The van der Waals surface area contributed by atoms with Gasteiger partial charge in [-0.25, -0.2) is 4.98 Å². The van der Waals surface area contributed by atoms with E-state index in [4.69, 9.17) is 11.6 Å². The van der Waals surface area contributed by atoms with Gasteiger partial charge in [0, 0.05) is 31.5 Å². The van der Waals surface area contributed by atoms with E-state index in [0.717, 1.165) is 24.1 Å². The van der Waals surface area contributed by atoms with Gasteiger partial charge in [-0.2, -0.15) is 0 Å². The highest BCUT2D eigenvalue weighted by atomic mass is 35.5. The number of para-hydroxylation sites is 1. The predicted molar refractivity (Wildman–Crippen MR) is 94.2 cm³/mol. The van der Waals surface area contributed by atoms with E-state index < -0.39 is 6.10 Å². The predicted octanol–water partition coefficient (Wildman–Crippen LogP) is 2.94. The fraction of sp³-hybridized carbons (Fsp3) is 0.333. The number of aliphatic hydroxyl groups excluding tert-OH is 1. The van der Waals surface area contributed by atoms with Crippen molar-refractivity contribution < 1.29 is 9.90 Å². The smallest absolute Gasteiger partial charge is 0.256 e. The number of amides is 1. The van der Waals surface area contributed by atoms with Gasteiger partial charge in [0.2, 0.25) is 0 Å². The number of halogens is 1. The summed E-state index contributed by atoms with van der Waals surface area (Å²) in [7, 11) is 0. The second-order valence-electron chi connectivity index (χ2n) is 5.94. The maximum Gasteiger partial charge on any atom is 0.256 e. The minimum Gasteiger partial charge on any atom is -0.391 e. The number of carbonyl (C=O) groups excluding carboxylic acids is 1. The standard InChI is InChI=1S/C18H20ClN3O2/c19-17-8-7-13(11-21-17)10-20-16-6-2-1-5-15(16)18(24)22-9-3-4-14(23)12-22/h1-2,5-8,11,14,20,23H,3-4,9-10,12H2. The fourth-order valence-electron chi connectivity index (χ4n) is 2.84. The van der Waals surface area contributed by atoms with E-state index in [2.05, 4.69) is 10.3 Å². The lowest BCUT2D eigenvalue weighted by atomic mass is 10.1. The number of benzene rings is 1. The number of rotatable bonds is 4. The summed E-state index contributed by atoms with van der Waals surface area (Å²) in [4.78, 5) is 18.5. The van der Waals surface area contributed by atoms with Gasteiger partial charge in [-0.1, -0.05) is 29.8 Å². The number of hydrogen-bond acceptors (Lipinski definition) is 4. The third-order valence-corrected chi connectivity index (χ3v) is 4.34. The SMILES string of the molecule is O=C(c1ccccc1NCc1ccc(Cl)nc1)N1CCCC(O)C1. The van der Waals surface area contributed by atoms with Crippen LogP contribution in [0.3, 0.4) is 0 Å². The van der Waals surface area contributed by atoms with Crippen LogP contribution in [0.25, 0.3) is 0 Å². The minimum atomic E-state index is -0.428. The highest BCUT2D eigenvalue weighted by molar-refractivity contribution is 6.29. The number of aliphatic hydroxyl groups is 1. The maximum absolute atomic E-state index is 12.8. The molecule has 0 radical (unpaired) electrons. The molecule has 0 spiro atoms. The molecule has 24 heavy (non-hydrogen) atoms. The van der Waals surface area contributed by atoms with E-state index in [1.54, 1.807) is 17.2 Å². The van der Waals surface area contributed by atoms with Gasteiger partial charge >= 0.3 is 0 Å². The molecule has 3 rings (SSSR count). The summed E-state index contributed by atoms with van der Waals surface area (Å²) < 4.78 is 0. The Morgan fingerprint density at radius 3 is 2.92 bits per heavy atom. The molecule has 0 bridgehead atoms. The Kier molecular flexibility index (Phi) is 5.33. The first-order valence-electron chi connectivity index (χ1n) is 8.04. The zero-order chi connectivity index (χ0) is 16.9. The first-order valence-corrected chi connectivity index (χ1v) is 8.42. The van der Waals surface area contributed by atoms with Crippen molar-refractivity contribution >= 4 is 23.2 Å². The monoisotopic (exact) mass is 345 g/mol. The molecule has 1 fully saturated rings. The Hall–Kier alpha value is -2.11. The molecule has 0 aliphatic carbocycles. The van der Waals surface area contributed by atoms with Gasteiger partial charge in [0.05, 0.1) is 11.7 Å². The molecule has 1 aliphatic rings. The minimum absolute atomic E-state index is 0.0499. The van der Waals surface area contributed by atoms with Crippen LogP contribution in [0.5, 0.6) is 0 Å². The number of aromatic nitrogens is 1. The Labute approximate surface area is 146 Å². The number of piperidine rings is 1. The van der Waals surface area contributed by atoms with Crippen LogP contribution < -0.4 is 5.32 Å². The number of β-amino-alcohol motifs (C(OH)–C–C–N with tert-alkyl or cyclic N) is 1. The molecule has 6 heteroatoms. The van der Waals surface area contributed by atoms with Crippen molar-refractivity contribution in [3.05, 3.63) is 58.9 Å². The van der Waals surface area contributed by atoms with Crippen molar-refractivity contribution in [1.29, 1.82) is 0 Å². The molecule has 2 N–H and O–H groups in total. The summed E-state index contributed by atoms with van der Waals surface area (Å²) in [5.41, 5.74) is 2.38. The third-order valence-electron chi connectivity index (χ3n) is 4.11. The van der Waals surface area contributed by atoms with Crippen molar-refractivity contribution in [3.8, 4) is 0 Å². The highest BCUT2D eigenvalue weighted by Gasteiger charge is 2.24. The first kappa shape index (κ1) is 16.7. The number of anilines is 1. The van der Waals surface area contributed by atoms with E-state index in [-0.39, 0.29) is 5.91 Å². The van der Waals surface area contributed by atoms with Crippen LogP contribution in [0, 0.1) is 0 Å². The molecular weight excluding hydrogens is 326 g/mol. The average Bonchev–Trinajstić information content (AvgIpc) is 2.61. The molecule has 1 aliphatic heterocycles. The van der Waals surface area contributed by atoms with E-state index in [9.17, 15) is 9.90 Å². The van der Waals surface area contributed by atoms with Crippen molar-refractivity contribution in [3.63, 3.8) is 0 Å². The summed E-state index contributed by atoms with van der Waals surface area (Å²) in [6, 6.07) is 11.1. The van der Waals surface area contributed by atoms with Gasteiger partial charge in [0.15, 0.2) is 0 Å². The fourth-order valence-corrected chi connectivity index (χ4v) is 2.95. The molecule has 1 aromatic carbocycles. The van der Waals surface area contributed by atoms with Gasteiger partial charge in [0.25, 0.3) is 5.91 Å². The maximum atomic E-state index is 12.8. The Balaban J connectivity index is 1.72. The lowest BCUT2D eigenvalue weighted by Gasteiger charge is -2.30. The highest BCUT2D eigenvalue weighted by Crippen LogP contribution is 2.21. The van der Waals surface area contributed by atoms with E-state index >= 15 is 0 Å². The van der Waals surface area contributed by atoms with Crippen LogP contribution in [-0.2, 0) is 6.54 Å². The summed E-state index contributed by atoms with van der Waals surface area (Å²) in [5, 5.41) is 13.5. The van der Waals surface area contributed by atoms with Crippen molar-refractivity contribution in [2.75, 3.05) is 18.4 Å².